The maximum absolute atomic E-state index is 5.70. The van der Waals surface area contributed by atoms with Crippen molar-refractivity contribution in [3.63, 3.8) is 0 Å². The summed E-state index contributed by atoms with van der Waals surface area (Å²) < 4.78 is 0. The lowest BCUT2D eigenvalue weighted by molar-refractivity contribution is -0.394. The van der Waals surface area contributed by atoms with Crippen LogP contribution in [0.1, 0.15) is 137 Å². The van der Waals surface area contributed by atoms with Gasteiger partial charge in [-0.1, -0.05) is 108 Å². The standard InChI is InChI=1S/C24H51NO2/c1-6-7-8-9-10-11-12-13-14-15-16-17-18-19-20-21-22-25(26-23(2)3)27-24(4)5/h23-24H,6-22H2,1-5H3. The Bertz CT molecular complexity index is 272. The molecule has 0 bridgehead atoms. The molecule has 0 unspecified atom stereocenters. The first kappa shape index (κ1) is 26.9. The summed E-state index contributed by atoms with van der Waals surface area (Å²) in [6.07, 6.45) is 22.7. The van der Waals surface area contributed by atoms with Gasteiger partial charge in [0.2, 0.25) is 0 Å². The molecule has 3 nitrogen and oxygen atoms in total. The molecule has 0 aliphatic heterocycles. The van der Waals surface area contributed by atoms with Gasteiger partial charge < -0.3 is 0 Å². The van der Waals surface area contributed by atoms with Crippen LogP contribution in [0.5, 0.6) is 0 Å². The Hall–Kier alpha value is -0.120. The number of unbranched alkanes of at least 4 members (excludes halogenated alkanes) is 15. The van der Waals surface area contributed by atoms with Gasteiger partial charge >= 0.3 is 0 Å². The first-order chi connectivity index (χ1) is 13.1. The van der Waals surface area contributed by atoms with Crippen LogP contribution in [-0.4, -0.2) is 24.0 Å². The van der Waals surface area contributed by atoms with Crippen LogP contribution in [0.15, 0.2) is 0 Å². The normalized spacial score (nSPS) is 12.0. The molecule has 0 aromatic rings. The van der Waals surface area contributed by atoms with Crippen LogP contribution in [0.2, 0.25) is 0 Å². The molecule has 0 saturated heterocycles. The van der Waals surface area contributed by atoms with E-state index in [0.717, 1.165) is 13.0 Å². The van der Waals surface area contributed by atoms with Crippen LogP contribution in [0, 0.1) is 0 Å². The van der Waals surface area contributed by atoms with Gasteiger partial charge in [-0.15, -0.1) is 0 Å². The molecular formula is C24H51NO2. The Labute approximate surface area is 171 Å². The Balaban J connectivity index is 3.30. The summed E-state index contributed by atoms with van der Waals surface area (Å²) in [6.45, 7) is 11.3. The van der Waals surface area contributed by atoms with E-state index in [9.17, 15) is 0 Å². The average molecular weight is 386 g/mol. The topological polar surface area (TPSA) is 21.7 Å². The third kappa shape index (κ3) is 22.0. The van der Waals surface area contributed by atoms with Crippen molar-refractivity contribution in [3.8, 4) is 0 Å². The molecule has 0 radical (unpaired) electrons. The number of nitrogens with zero attached hydrogens (tertiary/aromatic N) is 1. The predicted octanol–water partition coefficient (Wildman–Crippen LogP) is 8.23. The molecule has 0 aromatic carbocycles. The summed E-state index contributed by atoms with van der Waals surface area (Å²) >= 11 is 0. The van der Waals surface area contributed by atoms with Gasteiger partial charge in [0.1, 0.15) is 0 Å². The number of rotatable bonds is 21. The second-order valence-corrected chi connectivity index (χ2v) is 8.67. The Kier molecular flexibility index (Phi) is 20.5. The Morgan fingerprint density at radius 2 is 0.778 bits per heavy atom. The zero-order valence-electron chi connectivity index (χ0n) is 19.4. The minimum atomic E-state index is 0.171. The first-order valence-corrected chi connectivity index (χ1v) is 12.2. The third-order valence-corrected chi connectivity index (χ3v) is 4.85. The molecule has 27 heavy (non-hydrogen) atoms. The molecule has 0 heterocycles. The minimum absolute atomic E-state index is 0.171. The van der Waals surface area contributed by atoms with E-state index in [1.807, 2.05) is 27.7 Å². The van der Waals surface area contributed by atoms with E-state index in [1.54, 1.807) is 5.23 Å². The third-order valence-electron chi connectivity index (χ3n) is 4.85. The van der Waals surface area contributed by atoms with Crippen LogP contribution in [0.3, 0.4) is 0 Å². The van der Waals surface area contributed by atoms with Crippen molar-refractivity contribution in [2.45, 2.75) is 150 Å². The van der Waals surface area contributed by atoms with Crippen molar-refractivity contribution < 1.29 is 9.68 Å². The van der Waals surface area contributed by atoms with E-state index in [-0.39, 0.29) is 12.2 Å². The number of hydroxylamine groups is 2. The average Bonchev–Trinajstić information content (AvgIpc) is 2.60. The highest BCUT2D eigenvalue weighted by molar-refractivity contribution is 4.50. The zero-order chi connectivity index (χ0) is 20.2. The van der Waals surface area contributed by atoms with E-state index < -0.39 is 0 Å². The molecule has 0 aliphatic rings. The second kappa shape index (κ2) is 20.6. The number of hydrogen-bond acceptors (Lipinski definition) is 3. The monoisotopic (exact) mass is 385 g/mol. The maximum Gasteiger partial charge on any atom is 0.0763 e. The largest absolute Gasteiger partial charge is 0.271 e. The van der Waals surface area contributed by atoms with Gasteiger partial charge in [-0.3, -0.25) is 9.68 Å². The fraction of sp³-hybridized carbons (Fsp3) is 1.00. The first-order valence-electron chi connectivity index (χ1n) is 12.2. The van der Waals surface area contributed by atoms with Gasteiger partial charge in [-0.05, 0) is 34.1 Å². The summed E-state index contributed by atoms with van der Waals surface area (Å²) in [5, 5.41) is 1.69. The quantitative estimate of drug-likeness (QED) is 0.147. The fourth-order valence-electron chi connectivity index (χ4n) is 3.39. The van der Waals surface area contributed by atoms with E-state index in [1.165, 1.54) is 96.3 Å². The zero-order valence-corrected chi connectivity index (χ0v) is 19.4. The highest BCUT2D eigenvalue weighted by atomic mass is 17.0. The molecule has 3 heteroatoms. The molecular weight excluding hydrogens is 334 g/mol. The van der Waals surface area contributed by atoms with Gasteiger partial charge in [-0.25, -0.2) is 0 Å². The summed E-state index contributed by atoms with van der Waals surface area (Å²) in [4.78, 5) is 11.4. The molecule has 0 fully saturated rings. The van der Waals surface area contributed by atoms with Gasteiger partial charge in [0.25, 0.3) is 0 Å². The van der Waals surface area contributed by atoms with E-state index in [0.29, 0.717) is 0 Å². The lowest BCUT2D eigenvalue weighted by Gasteiger charge is -2.24. The Morgan fingerprint density at radius 1 is 0.481 bits per heavy atom. The maximum atomic E-state index is 5.70. The van der Waals surface area contributed by atoms with Crippen LogP contribution >= 0.6 is 0 Å². The number of hydrogen-bond donors (Lipinski definition) is 0. The fourth-order valence-corrected chi connectivity index (χ4v) is 3.39. The van der Waals surface area contributed by atoms with Crippen LogP contribution in [0.25, 0.3) is 0 Å². The van der Waals surface area contributed by atoms with Gasteiger partial charge in [0, 0.05) is 0 Å². The van der Waals surface area contributed by atoms with Gasteiger partial charge in [-0.2, -0.15) is 0 Å². The summed E-state index contributed by atoms with van der Waals surface area (Å²) in [5.41, 5.74) is 0. The summed E-state index contributed by atoms with van der Waals surface area (Å²) in [5.74, 6) is 0. The summed E-state index contributed by atoms with van der Waals surface area (Å²) in [7, 11) is 0. The molecule has 0 saturated carbocycles. The van der Waals surface area contributed by atoms with Crippen molar-refractivity contribution in [1.29, 1.82) is 0 Å². The molecule has 164 valence electrons. The van der Waals surface area contributed by atoms with Crippen LogP contribution in [-0.2, 0) is 9.68 Å². The van der Waals surface area contributed by atoms with Crippen molar-refractivity contribution in [2.75, 3.05) is 6.54 Å². The van der Waals surface area contributed by atoms with E-state index in [2.05, 4.69) is 6.92 Å². The lowest BCUT2D eigenvalue weighted by Crippen LogP contribution is -2.31. The lowest BCUT2D eigenvalue weighted by atomic mass is 10.0. The van der Waals surface area contributed by atoms with Crippen molar-refractivity contribution >= 4 is 0 Å². The van der Waals surface area contributed by atoms with Crippen LogP contribution < -0.4 is 0 Å². The predicted molar refractivity (Wildman–Crippen MR) is 119 cm³/mol. The molecule has 0 aromatic heterocycles. The highest BCUT2D eigenvalue weighted by Crippen LogP contribution is 2.14. The minimum Gasteiger partial charge on any atom is -0.271 e. The van der Waals surface area contributed by atoms with Crippen LogP contribution in [0.4, 0.5) is 0 Å². The second-order valence-electron chi connectivity index (χ2n) is 8.67. The van der Waals surface area contributed by atoms with Gasteiger partial charge in [0.05, 0.1) is 18.8 Å². The van der Waals surface area contributed by atoms with E-state index in [4.69, 9.17) is 9.68 Å². The van der Waals surface area contributed by atoms with Crippen molar-refractivity contribution in [2.24, 2.45) is 0 Å². The van der Waals surface area contributed by atoms with Crippen molar-refractivity contribution in [1.82, 2.24) is 5.23 Å². The SMILES string of the molecule is CCCCCCCCCCCCCCCCCCN(OC(C)C)OC(C)C. The molecule has 0 spiro atoms. The molecule has 0 aliphatic carbocycles. The van der Waals surface area contributed by atoms with E-state index >= 15 is 0 Å². The molecule has 0 atom stereocenters. The van der Waals surface area contributed by atoms with Crippen molar-refractivity contribution in [3.05, 3.63) is 0 Å². The Morgan fingerprint density at radius 3 is 1.07 bits per heavy atom. The molecule has 0 N–H and O–H groups in total. The van der Waals surface area contributed by atoms with Gasteiger partial charge in [0.15, 0.2) is 0 Å². The smallest absolute Gasteiger partial charge is 0.0763 e. The highest BCUT2D eigenvalue weighted by Gasteiger charge is 2.10. The summed E-state index contributed by atoms with van der Waals surface area (Å²) in [6, 6.07) is 0. The molecule has 0 rings (SSSR count). The molecule has 0 amide bonds.